The number of carbonyl (C=O) groups excluding carboxylic acids is 1. The molecule has 4 heteroatoms. The highest BCUT2D eigenvalue weighted by atomic mass is 79.9. The number of aliphatic hydroxyl groups excluding tert-OH is 1. The molecule has 1 fully saturated rings. The second kappa shape index (κ2) is 6.35. The van der Waals surface area contributed by atoms with Crippen LogP contribution in [0.4, 0.5) is 0 Å². The van der Waals surface area contributed by atoms with E-state index < -0.39 is 0 Å². The first kappa shape index (κ1) is 14.3. The minimum atomic E-state index is -0.0398. The van der Waals surface area contributed by atoms with Gasteiger partial charge in [-0.25, -0.2) is 0 Å². The number of amides is 1. The fourth-order valence-electron chi connectivity index (χ4n) is 2.40. The maximum atomic E-state index is 12.1. The van der Waals surface area contributed by atoms with Crippen molar-refractivity contribution in [3.63, 3.8) is 0 Å². The molecule has 1 aliphatic rings. The molecule has 1 N–H and O–H groups in total. The molecule has 0 aromatic heterocycles. The lowest BCUT2D eigenvalue weighted by atomic mass is 10.0. The van der Waals surface area contributed by atoms with Crippen molar-refractivity contribution < 1.29 is 9.90 Å². The third-order valence-electron chi connectivity index (χ3n) is 3.64. The van der Waals surface area contributed by atoms with Crippen molar-refractivity contribution in [2.24, 2.45) is 5.92 Å². The molecule has 0 bridgehead atoms. The molecule has 2 unspecified atom stereocenters. The van der Waals surface area contributed by atoms with Crippen molar-refractivity contribution in [2.75, 3.05) is 13.2 Å². The molecule has 1 aromatic carbocycles. The van der Waals surface area contributed by atoms with Crippen LogP contribution in [-0.4, -0.2) is 35.1 Å². The Morgan fingerprint density at radius 1 is 1.47 bits per heavy atom. The van der Waals surface area contributed by atoms with E-state index >= 15 is 0 Å². The molecule has 0 spiro atoms. The van der Waals surface area contributed by atoms with Crippen LogP contribution in [0.25, 0.3) is 6.08 Å². The lowest BCUT2D eigenvalue weighted by Gasteiger charge is -2.23. The van der Waals surface area contributed by atoms with E-state index in [4.69, 9.17) is 0 Å². The second-order valence-corrected chi connectivity index (χ2v) is 5.85. The molecule has 3 nitrogen and oxygen atoms in total. The van der Waals surface area contributed by atoms with Gasteiger partial charge in [-0.15, -0.1) is 0 Å². The number of benzene rings is 1. The zero-order chi connectivity index (χ0) is 13.8. The molecule has 2 atom stereocenters. The van der Waals surface area contributed by atoms with E-state index in [9.17, 15) is 9.90 Å². The Bertz CT molecular complexity index is 470. The highest BCUT2D eigenvalue weighted by molar-refractivity contribution is 9.10. The van der Waals surface area contributed by atoms with Gasteiger partial charge >= 0.3 is 0 Å². The third-order valence-corrected chi connectivity index (χ3v) is 4.17. The molecular weight excluding hydrogens is 306 g/mol. The van der Waals surface area contributed by atoms with E-state index in [1.165, 1.54) is 0 Å². The van der Waals surface area contributed by atoms with Gasteiger partial charge in [0.25, 0.3) is 0 Å². The van der Waals surface area contributed by atoms with Crippen LogP contribution in [0.2, 0.25) is 0 Å². The van der Waals surface area contributed by atoms with Crippen LogP contribution in [0, 0.1) is 5.92 Å². The van der Waals surface area contributed by atoms with Crippen LogP contribution in [0.1, 0.15) is 18.9 Å². The predicted molar refractivity (Wildman–Crippen MR) is 79.5 cm³/mol. The van der Waals surface area contributed by atoms with E-state index in [0.29, 0.717) is 5.92 Å². The maximum absolute atomic E-state index is 12.1. The first-order chi connectivity index (χ1) is 9.11. The Morgan fingerprint density at radius 3 is 2.79 bits per heavy atom. The van der Waals surface area contributed by atoms with E-state index in [2.05, 4.69) is 22.9 Å². The van der Waals surface area contributed by atoms with E-state index in [1.54, 1.807) is 11.0 Å². The Labute approximate surface area is 122 Å². The molecule has 1 aliphatic heterocycles. The number of likely N-dealkylation sites (tertiary alicyclic amines) is 1. The lowest BCUT2D eigenvalue weighted by Crippen LogP contribution is -2.38. The number of carbonyl (C=O) groups is 1. The Kier molecular flexibility index (Phi) is 4.77. The fraction of sp³-hybridized carbons (Fsp3) is 0.400. The summed E-state index contributed by atoms with van der Waals surface area (Å²) in [6, 6.07) is 7.74. The molecule has 1 aromatic rings. The van der Waals surface area contributed by atoms with Crippen LogP contribution in [0.5, 0.6) is 0 Å². The quantitative estimate of drug-likeness (QED) is 0.869. The molecule has 1 amide bonds. The van der Waals surface area contributed by atoms with Crippen LogP contribution in [0.15, 0.2) is 34.8 Å². The highest BCUT2D eigenvalue weighted by Crippen LogP contribution is 2.23. The minimum absolute atomic E-state index is 0.0219. The molecule has 1 saturated heterocycles. The van der Waals surface area contributed by atoms with Gasteiger partial charge in [-0.3, -0.25) is 4.79 Å². The summed E-state index contributed by atoms with van der Waals surface area (Å²) in [5.74, 6) is 0.348. The van der Waals surface area contributed by atoms with Gasteiger partial charge in [-0.1, -0.05) is 35.0 Å². The number of rotatable bonds is 3. The largest absolute Gasteiger partial charge is 0.394 e. The Balaban J connectivity index is 2.02. The zero-order valence-corrected chi connectivity index (χ0v) is 12.5. The SMILES string of the molecule is CC1CCN(C(=O)/C=C/c2ccc(Br)cc2)C1CO. The summed E-state index contributed by atoms with van der Waals surface area (Å²) in [5, 5.41) is 9.35. The van der Waals surface area contributed by atoms with Gasteiger partial charge in [-0.05, 0) is 36.1 Å². The summed E-state index contributed by atoms with van der Waals surface area (Å²) in [5.41, 5.74) is 0.990. The molecular formula is C15H18BrNO2. The zero-order valence-electron chi connectivity index (χ0n) is 10.9. The summed E-state index contributed by atoms with van der Waals surface area (Å²) in [6.45, 7) is 2.85. The van der Waals surface area contributed by atoms with Crippen LogP contribution < -0.4 is 0 Å². The standard InChI is InChI=1S/C15H18BrNO2/c1-11-8-9-17(14(11)10-18)15(19)7-4-12-2-5-13(16)6-3-12/h2-7,11,14,18H,8-10H2,1H3/b7-4+. The number of aliphatic hydroxyl groups is 1. The van der Waals surface area contributed by atoms with E-state index in [0.717, 1.165) is 23.0 Å². The summed E-state index contributed by atoms with van der Waals surface area (Å²) >= 11 is 3.38. The maximum Gasteiger partial charge on any atom is 0.246 e. The summed E-state index contributed by atoms with van der Waals surface area (Å²) < 4.78 is 1.02. The van der Waals surface area contributed by atoms with Crippen molar-refractivity contribution in [1.82, 2.24) is 4.90 Å². The van der Waals surface area contributed by atoms with Gasteiger partial charge in [-0.2, -0.15) is 0 Å². The first-order valence-electron chi connectivity index (χ1n) is 6.47. The molecule has 2 rings (SSSR count). The molecule has 19 heavy (non-hydrogen) atoms. The molecule has 0 saturated carbocycles. The van der Waals surface area contributed by atoms with E-state index in [-0.39, 0.29) is 18.6 Å². The average molecular weight is 324 g/mol. The van der Waals surface area contributed by atoms with Crippen LogP contribution in [0.3, 0.4) is 0 Å². The molecule has 0 aliphatic carbocycles. The Morgan fingerprint density at radius 2 is 2.16 bits per heavy atom. The number of hydrogen-bond acceptors (Lipinski definition) is 2. The number of halogens is 1. The topological polar surface area (TPSA) is 40.5 Å². The molecule has 102 valence electrons. The molecule has 1 heterocycles. The van der Waals surface area contributed by atoms with Crippen molar-refractivity contribution >= 4 is 27.9 Å². The lowest BCUT2D eigenvalue weighted by molar-refractivity contribution is -0.127. The first-order valence-corrected chi connectivity index (χ1v) is 7.26. The molecule has 0 radical (unpaired) electrons. The highest BCUT2D eigenvalue weighted by Gasteiger charge is 2.32. The van der Waals surface area contributed by atoms with Gasteiger partial charge in [0.1, 0.15) is 0 Å². The third kappa shape index (κ3) is 3.45. The summed E-state index contributed by atoms with van der Waals surface area (Å²) in [6.07, 6.45) is 4.36. The van der Waals surface area contributed by atoms with Gasteiger partial charge < -0.3 is 10.0 Å². The van der Waals surface area contributed by atoms with Crippen molar-refractivity contribution in [3.05, 3.63) is 40.4 Å². The average Bonchev–Trinajstić information content (AvgIpc) is 2.79. The Hall–Kier alpha value is -1.13. The van der Waals surface area contributed by atoms with Gasteiger partial charge in [0.05, 0.1) is 12.6 Å². The smallest absolute Gasteiger partial charge is 0.246 e. The van der Waals surface area contributed by atoms with Gasteiger partial charge in [0.2, 0.25) is 5.91 Å². The van der Waals surface area contributed by atoms with Crippen molar-refractivity contribution in [3.8, 4) is 0 Å². The predicted octanol–water partition coefficient (Wildman–Crippen LogP) is 2.69. The summed E-state index contributed by atoms with van der Waals surface area (Å²) in [7, 11) is 0. The number of nitrogens with zero attached hydrogens (tertiary/aromatic N) is 1. The van der Waals surface area contributed by atoms with Crippen molar-refractivity contribution in [2.45, 2.75) is 19.4 Å². The van der Waals surface area contributed by atoms with Crippen LogP contribution >= 0.6 is 15.9 Å². The normalized spacial score (nSPS) is 23.2. The summed E-state index contributed by atoms with van der Waals surface area (Å²) in [4.78, 5) is 13.9. The van der Waals surface area contributed by atoms with Gasteiger partial charge in [0, 0.05) is 17.1 Å². The fourth-order valence-corrected chi connectivity index (χ4v) is 2.66. The van der Waals surface area contributed by atoms with Crippen molar-refractivity contribution in [1.29, 1.82) is 0 Å². The number of hydrogen-bond donors (Lipinski definition) is 1. The monoisotopic (exact) mass is 323 g/mol. The second-order valence-electron chi connectivity index (χ2n) is 4.93. The van der Waals surface area contributed by atoms with Crippen LogP contribution in [-0.2, 0) is 4.79 Å². The minimum Gasteiger partial charge on any atom is -0.394 e. The van der Waals surface area contributed by atoms with E-state index in [1.807, 2.05) is 30.3 Å². The van der Waals surface area contributed by atoms with Gasteiger partial charge in [0.15, 0.2) is 0 Å².